The van der Waals surface area contributed by atoms with Crippen molar-refractivity contribution in [3.63, 3.8) is 0 Å². The van der Waals surface area contributed by atoms with E-state index in [9.17, 15) is 4.57 Å². The van der Waals surface area contributed by atoms with Crippen molar-refractivity contribution in [1.29, 1.82) is 0 Å². The predicted molar refractivity (Wildman–Crippen MR) is 20.8 cm³/mol. The molecule has 3 N–H and O–H groups in total. The highest BCUT2D eigenvalue weighted by atomic mass is 31.2. The maximum atomic E-state index is 9.66. The SMILES string of the molecule is CP([NH])(N)=O. The first-order valence-corrected chi connectivity index (χ1v) is 3.33. The van der Waals surface area contributed by atoms with E-state index < -0.39 is 7.44 Å². The highest BCUT2D eigenvalue weighted by Crippen LogP contribution is 2.19. The number of rotatable bonds is 0. The molecular weight excluding hydrogens is 87.0 g/mol. The van der Waals surface area contributed by atoms with E-state index in [2.05, 4.69) is 5.50 Å². The Hall–Kier alpha value is 0.150. The lowest BCUT2D eigenvalue weighted by atomic mass is 12.0. The molecule has 1 atom stereocenters. The summed E-state index contributed by atoms with van der Waals surface area (Å²) >= 11 is 0. The van der Waals surface area contributed by atoms with E-state index >= 15 is 0 Å². The summed E-state index contributed by atoms with van der Waals surface area (Å²) in [7, 11) is -2.89. The molecule has 3 nitrogen and oxygen atoms in total. The number of hydrogen-bond acceptors (Lipinski definition) is 1. The molecule has 0 spiro atoms. The molecule has 31 valence electrons. The fraction of sp³-hybridized carbons (Fsp3) is 1.00. The Morgan fingerprint density at radius 2 is 2.00 bits per heavy atom. The maximum absolute atomic E-state index is 9.66. The second-order valence-electron chi connectivity index (χ2n) is 0.990. The third-order valence-corrected chi connectivity index (χ3v) is 0. The molecule has 5 heavy (non-hydrogen) atoms. The molecule has 1 unspecified atom stereocenters. The summed E-state index contributed by atoms with van der Waals surface area (Å²) in [6, 6.07) is 0. The molecule has 0 saturated carbocycles. The normalized spacial score (nSPS) is 11.8. The van der Waals surface area contributed by atoms with Gasteiger partial charge in [-0.2, -0.15) is 5.50 Å². The molecule has 0 aromatic rings. The third kappa shape index (κ3) is 853. The first-order valence-electron chi connectivity index (χ1n) is 1.11. The summed E-state index contributed by atoms with van der Waals surface area (Å²) in [6.07, 6.45) is 0. The molecule has 0 aromatic heterocycles. The Balaban J connectivity index is 3.47. The van der Waals surface area contributed by atoms with E-state index in [1.165, 1.54) is 6.66 Å². The van der Waals surface area contributed by atoms with Gasteiger partial charge in [0.05, 0.1) is 0 Å². The van der Waals surface area contributed by atoms with Crippen molar-refractivity contribution in [3.05, 3.63) is 0 Å². The zero-order chi connectivity index (χ0) is 4.50. The van der Waals surface area contributed by atoms with Gasteiger partial charge >= 0.3 is 0 Å². The van der Waals surface area contributed by atoms with Crippen LogP contribution in [-0.2, 0) is 4.57 Å². The van der Waals surface area contributed by atoms with Gasteiger partial charge in [-0.25, -0.2) is 0 Å². The third-order valence-electron chi connectivity index (χ3n) is 0. The van der Waals surface area contributed by atoms with Crippen molar-refractivity contribution in [1.82, 2.24) is 5.50 Å². The average Bonchev–Trinajstić information content (AvgIpc) is 0.722. The van der Waals surface area contributed by atoms with Gasteiger partial charge in [0.1, 0.15) is 0 Å². The van der Waals surface area contributed by atoms with Crippen LogP contribution in [0.25, 0.3) is 0 Å². The Morgan fingerprint density at radius 1 is 2.00 bits per heavy atom. The van der Waals surface area contributed by atoms with Crippen LogP contribution < -0.4 is 11.0 Å². The van der Waals surface area contributed by atoms with Crippen LogP contribution in [0.2, 0.25) is 0 Å². The molecule has 0 aliphatic carbocycles. The lowest BCUT2D eigenvalue weighted by molar-refractivity contribution is 0.579. The van der Waals surface area contributed by atoms with Crippen molar-refractivity contribution < 1.29 is 4.57 Å². The molecule has 4 heteroatoms. The van der Waals surface area contributed by atoms with Crippen LogP contribution >= 0.6 is 7.44 Å². The highest BCUT2D eigenvalue weighted by Gasteiger charge is 1.91. The summed E-state index contributed by atoms with van der Waals surface area (Å²) in [5.41, 5.74) is 10.8. The molecule has 0 heterocycles. The predicted octanol–water partition coefficient (Wildman–Crippen LogP) is 0.0509. The molecule has 0 saturated heterocycles. The van der Waals surface area contributed by atoms with E-state index in [-0.39, 0.29) is 0 Å². The van der Waals surface area contributed by atoms with E-state index in [1.54, 1.807) is 0 Å². The summed E-state index contributed by atoms with van der Waals surface area (Å²) < 4.78 is 9.66. The van der Waals surface area contributed by atoms with E-state index in [1.807, 2.05) is 0 Å². The first kappa shape index (κ1) is 5.15. The summed E-state index contributed by atoms with van der Waals surface area (Å²) in [5, 5.41) is 0. The van der Waals surface area contributed by atoms with Gasteiger partial charge in [-0.3, -0.25) is 10.1 Å². The highest BCUT2D eigenvalue weighted by molar-refractivity contribution is 7.57. The van der Waals surface area contributed by atoms with Gasteiger partial charge in [0.2, 0.25) is 7.44 Å². The topological polar surface area (TPSA) is 66.9 Å². The van der Waals surface area contributed by atoms with Gasteiger partial charge < -0.3 is 0 Å². The molecule has 0 aliphatic rings. The molecule has 0 aliphatic heterocycles. The standard InChI is InChI=1S/CH6N2OP/c1-5(2,3)4/h2H,1H3,(H2,3,4). The van der Waals surface area contributed by atoms with Crippen molar-refractivity contribution in [2.24, 2.45) is 5.50 Å². The molecule has 0 aromatic carbocycles. The molecular formula is CH6N2OP. The van der Waals surface area contributed by atoms with Gasteiger partial charge in [0.15, 0.2) is 0 Å². The second-order valence-corrected chi connectivity index (χ2v) is 2.97. The second kappa shape index (κ2) is 1.09. The summed E-state index contributed by atoms with van der Waals surface area (Å²) in [5.74, 6) is 0. The molecule has 0 bridgehead atoms. The molecule has 0 fully saturated rings. The van der Waals surface area contributed by atoms with Gasteiger partial charge in [-0.1, -0.05) is 0 Å². The minimum atomic E-state index is -2.89. The summed E-state index contributed by atoms with van der Waals surface area (Å²) in [6.45, 7) is 1.19. The van der Waals surface area contributed by atoms with Crippen LogP contribution in [0.3, 0.4) is 0 Å². The number of nitrogens with two attached hydrogens (primary N) is 1. The van der Waals surface area contributed by atoms with Crippen molar-refractivity contribution in [2.75, 3.05) is 6.66 Å². The van der Waals surface area contributed by atoms with Crippen LogP contribution in [0, 0.1) is 0 Å². The van der Waals surface area contributed by atoms with Crippen molar-refractivity contribution in [2.45, 2.75) is 0 Å². The van der Waals surface area contributed by atoms with Crippen LogP contribution in [0.1, 0.15) is 0 Å². The minimum absolute atomic E-state index is 1.19. The zero-order valence-electron chi connectivity index (χ0n) is 2.93. The maximum Gasteiger partial charge on any atom is 0.219 e. The van der Waals surface area contributed by atoms with Gasteiger partial charge in [-0.05, 0) is 0 Å². The van der Waals surface area contributed by atoms with Crippen molar-refractivity contribution in [3.8, 4) is 0 Å². The summed E-state index contributed by atoms with van der Waals surface area (Å²) in [4.78, 5) is 0. The van der Waals surface area contributed by atoms with Gasteiger partial charge in [0, 0.05) is 6.66 Å². The fourth-order valence-corrected chi connectivity index (χ4v) is 0. The number of nitrogens with one attached hydrogen (secondary N) is 1. The van der Waals surface area contributed by atoms with Crippen LogP contribution in [0.15, 0.2) is 0 Å². The Morgan fingerprint density at radius 3 is 2.00 bits per heavy atom. The molecule has 1 radical (unpaired) electrons. The number of hydrogen-bond donors (Lipinski definition) is 1. The zero-order valence-corrected chi connectivity index (χ0v) is 3.83. The molecule has 0 rings (SSSR count). The Kier molecular flexibility index (Phi) is 1.12. The van der Waals surface area contributed by atoms with E-state index in [0.29, 0.717) is 0 Å². The van der Waals surface area contributed by atoms with Crippen LogP contribution in [0.5, 0.6) is 0 Å². The quantitative estimate of drug-likeness (QED) is 0.430. The van der Waals surface area contributed by atoms with Gasteiger partial charge in [-0.15, -0.1) is 0 Å². The average molecular weight is 93.0 g/mol. The lowest BCUT2D eigenvalue weighted by Gasteiger charge is -1.86. The Labute approximate surface area is 30.8 Å². The lowest BCUT2D eigenvalue weighted by Crippen LogP contribution is -1.88. The minimum Gasteiger partial charge on any atom is -0.289 e. The van der Waals surface area contributed by atoms with Gasteiger partial charge in [0.25, 0.3) is 0 Å². The largest absolute Gasteiger partial charge is 0.289 e. The molecule has 0 amide bonds. The first-order chi connectivity index (χ1) is 2.00. The smallest absolute Gasteiger partial charge is 0.219 e. The van der Waals surface area contributed by atoms with E-state index in [0.717, 1.165) is 0 Å². The van der Waals surface area contributed by atoms with Crippen LogP contribution in [-0.4, -0.2) is 6.66 Å². The fourth-order valence-electron chi connectivity index (χ4n) is 0. The monoisotopic (exact) mass is 93.0 g/mol. The van der Waals surface area contributed by atoms with Crippen LogP contribution in [0.4, 0.5) is 0 Å². The Bertz CT molecular complexity index is 55.8. The van der Waals surface area contributed by atoms with E-state index in [4.69, 9.17) is 5.50 Å². The van der Waals surface area contributed by atoms with Crippen molar-refractivity contribution >= 4 is 7.44 Å².